The third-order valence-corrected chi connectivity index (χ3v) is 6.05. The molecule has 0 aliphatic carbocycles. The van der Waals surface area contributed by atoms with Crippen LogP contribution in [-0.2, 0) is 47.6 Å². The lowest BCUT2D eigenvalue weighted by molar-refractivity contribution is -0.123. The number of ether oxygens (including phenoxy) is 6. The minimum Gasteiger partial charge on any atom is -0.379 e. The normalized spacial score (nSPS) is 11.2. The van der Waals surface area contributed by atoms with Crippen LogP contribution < -0.4 is 10.6 Å². The predicted molar refractivity (Wildman–Crippen MR) is 179 cm³/mol. The van der Waals surface area contributed by atoms with Gasteiger partial charge in [0.1, 0.15) is 11.6 Å². The molecule has 272 valence electrons. The van der Waals surface area contributed by atoms with Crippen LogP contribution in [0.3, 0.4) is 0 Å². The molecule has 2 amide bonds. The molecule has 0 aromatic rings. The van der Waals surface area contributed by atoms with Gasteiger partial charge in [0.25, 0.3) is 0 Å². The number of carbonyl (C=O) groups is 4. The van der Waals surface area contributed by atoms with E-state index in [9.17, 15) is 19.2 Å². The smallest absolute Gasteiger partial charge is 0.222 e. The molecule has 0 unspecified atom stereocenters. The van der Waals surface area contributed by atoms with E-state index < -0.39 is 0 Å². The fourth-order valence-electron chi connectivity index (χ4n) is 3.48. The molecule has 12 nitrogen and oxygen atoms in total. The van der Waals surface area contributed by atoms with E-state index in [-0.39, 0.29) is 47.3 Å². The fraction of sp³-hybridized carbons (Fsp3) is 0.882. The lowest BCUT2D eigenvalue weighted by Crippen LogP contribution is -2.30. The zero-order valence-corrected chi connectivity index (χ0v) is 30.1. The number of rotatable bonds is 30. The highest BCUT2D eigenvalue weighted by Gasteiger charge is 2.07. The average Bonchev–Trinajstić information content (AvgIpc) is 2.97. The summed E-state index contributed by atoms with van der Waals surface area (Å²) >= 11 is 0. The van der Waals surface area contributed by atoms with E-state index in [4.69, 9.17) is 28.4 Å². The van der Waals surface area contributed by atoms with Crippen molar-refractivity contribution in [2.24, 2.45) is 11.8 Å². The first-order chi connectivity index (χ1) is 21.9. The molecular formula is C34H66N2O10. The number of Topliss-reactive ketones (excluding diaryl/α,β-unsaturated/α-hetero) is 2. The molecule has 0 bridgehead atoms. The Labute approximate surface area is 278 Å². The first-order valence-corrected chi connectivity index (χ1v) is 17.0. The van der Waals surface area contributed by atoms with Gasteiger partial charge in [-0.1, -0.05) is 27.7 Å². The van der Waals surface area contributed by atoms with Crippen molar-refractivity contribution in [2.75, 3.05) is 79.3 Å². The molecule has 0 radical (unpaired) electrons. The highest BCUT2D eigenvalue weighted by Crippen LogP contribution is 2.02. The summed E-state index contributed by atoms with van der Waals surface area (Å²) in [5.41, 5.74) is 0. The van der Waals surface area contributed by atoms with Gasteiger partial charge in [0.15, 0.2) is 0 Å². The summed E-state index contributed by atoms with van der Waals surface area (Å²) in [6.07, 6.45) is 3.43. The molecular weight excluding hydrogens is 596 g/mol. The quantitative estimate of drug-likeness (QED) is 0.109. The van der Waals surface area contributed by atoms with Crippen molar-refractivity contribution in [3.05, 3.63) is 0 Å². The monoisotopic (exact) mass is 662 g/mol. The van der Waals surface area contributed by atoms with E-state index in [1.165, 1.54) is 0 Å². The Bertz CT molecular complexity index is 698. The zero-order chi connectivity index (χ0) is 35.0. The molecule has 0 saturated heterocycles. The Balaban J connectivity index is 0. The summed E-state index contributed by atoms with van der Waals surface area (Å²) in [6, 6.07) is 0.323. The van der Waals surface area contributed by atoms with Gasteiger partial charge in [0.2, 0.25) is 11.8 Å². The van der Waals surface area contributed by atoms with Crippen molar-refractivity contribution in [2.45, 2.75) is 106 Å². The Kier molecular flexibility index (Phi) is 33.1. The van der Waals surface area contributed by atoms with Crippen LogP contribution in [0.15, 0.2) is 0 Å². The topological polar surface area (TPSA) is 148 Å². The largest absolute Gasteiger partial charge is 0.379 e. The second-order valence-electron chi connectivity index (χ2n) is 12.1. The standard InChI is InChI=1S/2C17H33NO5/c2*1-14(2)16(19)6-5-8-21-10-12-23-13-11-22-9-7-17(20)18-15(3)4/h2*14-15H,5-13H2,1-4H3,(H,18,20). The van der Waals surface area contributed by atoms with Crippen LogP contribution in [0.1, 0.15) is 93.9 Å². The summed E-state index contributed by atoms with van der Waals surface area (Å²) in [6.45, 7) is 21.3. The lowest BCUT2D eigenvalue weighted by atomic mass is 10.1. The van der Waals surface area contributed by atoms with Crippen molar-refractivity contribution in [3.63, 3.8) is 0 Å². The molecule has 0 aliphatic rings. The van der Waals surface area contributed by atoms with E-state index in [1.807, 2.05) is 55.4 Å². The molecule has 0 saturated carbocycles. The minimum atomic E-state index is 0.00488. The second kappa shape index (κ2) is 33.0. The first-order valence-electron chi connectivity index (χ1n) is 17.0. The summed E-state index contributed by atoms with van der Waals surface area (Å²) < 4.78 is 32.1. The van der Waals surface area contributed by atoms with Crippen LogP contribution in [0.2, 0.25) is 0 Å². The maximum absolute atomic E-state index is 11.4. The van der Waals surface area contributed by atoms with Gasteiger partial charge >= 0.3 is 0 Å². The molecule has 0 atom stereocenters. The zero-order valence-electron chi connectivity index (χ0n) is 30.1. The third-order valence-electron chi connectivity index (χ3n) is 6.05. The Hall–Kier alpha value is -1.96. The van der Waals surface area contributed by atoms with Crippen molar-refractivity contribution >= 4 is 23.4 Å². The van der Waals surface area contributed by atoms with Gasteiger partial charge in [-0.3, -0.25) is 19.2 Å². The highest BCUT2D eigenvalue weighted by molar-refractivity contribution is 5.80. The molecule has 2 N–H and O–H groups in total. The van der Waals surface area contributed by atoms with E-state index in [0.29, 0.717) is 105 Å². The van der Waals surface area contributed by atoms with Gasteiger partial charge in [0, 0.05) is 62.8 Å². The molecule has 46 heavy (non-hydrogen) atoms. The molecule has 0 heterocycles. The van der Waals surface area contributed by atoms with E-state index in [0.717, 1.165) is 12.8 Å². The number of hydrogen-bond donors (Lipinski definition) is 2. The van der Waals surface area contributed by atoms with Crippen LogP contribution in [0.4, 0.5) is 0 Å². The SMILES string of the molecule is CC(C)NC(=O)CCOCCOCCOCCCC(=O)C(C)C.CC(C)NC(=O)CCOCCOCCOCCCC(=O)C(C)C. The Morgan fingerprint density at radius 2 is 0.652 bits per heavy atom. The van der Waals surface area contributed by atoms with Crippen LogP contribution in [0.25, 0.3) is 0 Å². The number of nitrogens with one attached hydrogen (secondary N) is 2. The number of amides is 2. The van der Waals surface area contributed by atoms with Crippen molar-refractivity contribution < 1.29 is 47.6 Å². The van der Waals surface area contributed by atoms with Crippen LogP contribution >= 0.6 is 0 Å². The van der Waals surface area contributed by atoms with Crippen LogP contribution in [0, 0.1) is 11.8 Å². The van der Waals surface area contributed by atoms with E-state index in [1.54, 1.807) is 0 Å². The second-order valence-corrected chi connectivity index (χ2v) is 12.1. The third kappa shape index (κ3) is 36.5. The van der Waals surface area contributed by atoms with E-state index >= 15 is 0 Å². The molecule has 0 spiro atoms. The molecule has 0 aliphatic heterocycles. The van der Waals surface area contributed by atoms with Gasteiger partial charge in [0.05, 0.1) is 66.1 Å². The fourth-order valence-corrected chi connectivity index (χ4v) is 3.48. The van der Waals surface area contributed by atoms with Gasteiger partial charge in [-0.05, 0) is 40.5 Å². The molecule has 0 aromatic carbocycles. The van der Waals surface area contributed by atoms with Gasteiger partial charge in [-0.15, -0.1) is 0 Å². The summed E-state index contributed by atoms with van der Waals surface area (Å²) in [7, 11) is 0. The van der Waals surface area contributed by atoms with Crippen LogP contribution in [-0.4, -0.2) is 115 Å². The van der Waals surface area contributed by atoms with Gasteiger partial charge in [-0.25, -0.2) is 0 Å². The van der Waals surface area contributed by atoms with Crippen molar-refractivity contribution in [3.8, 4) is 0 Å². The maximum atomic E-state index is 11.4. The minimum absolute atomic E-state index is 0.00488. The van der Waals surface area contributed by atoms with Crippen LogP contribution in [0.5, 0.6) is 0 Å². The average molecular weight is 663 g/mol. The first kappa shape index (κ1) is 46.2. The maximum Gasteiger partial charge on any atom is 0.222 e. The van der Waals surface area contributed by atoms with Gasteiger partial charge in [-0.2, -0.15) is 0 Å². The molecule has 0 rings (SSSR count). The predicted octanol–water partition coefficient (Wildman–Crippen LogP) is 3.91. The number of hydrogen-bond acceptors (Lipinski definition) is 10. The highest BCUT2D eigenvalue weighted by atomic mass is 16.5. The van der Waals surface area contributed by atoms with Crippen molar-refractivity contribution in [1.29, 1.82) is 0 Å². The summed E-state index contributed by atoms with van der Waals surface area (Å²) in [5.74, 6) is 0.785. The van der Waals surface area contributed by atoms with Crippen molar-refractivity contribution in [1.82, 2.24) is 10.6 Å². The molecule has 0 fully saturated rings. The number of ketones is 2. The Morgan fingerprint density at radius 1 is 0.391 bits per heavy atom. The number of carbonyl (C=O) groups excluding carboxylic acids is 4. The van der Waals surface area contributed by atoms with Gasteiger partial charge < -0.3 is 39.1 Å². The summed E-state index contributed by atoms with van der Waals surface area (Å²) in [4.78, 5) is 45.4. The lowest BCUT2D eigenvalue weighted by Gasteiger charge is -2.09. The molecule has 12 heteroatoms. The van der Waals surface area contributed by atoms with E-state index in [2.05, 4.69) is 10.6 Å². The summed E-state index contributed by atoms with van der Waals surface area (Å²) in [5, 5.41) is 5.61. The molecule has 0 aromatic heterocycles. The Morgan fingerprint density at radius 3 is 0.913 bits per heavy atom.